The molecule has 4 N–H and O–H groups in total. The number of benzene rings is 1. The minimum Gasteiger partial charge on any atom is -0.409 e. The van der Waals surface area contributed by atoms with Crippen LogP contribution in [0.25, 0.3) is 0 Å². The number of thioether (sulfide) groups is 1. The summed E-state index contributed by atoms with van der Waals surface area (Å²) < 4.78 is 0. The van der Waals surface area contributed by atoms with Crippen molar-refractivity contribution in [3.8, 4) is 0 Å². The zero-order chi connectivity index (χ0) is 13.5. The van der Waals surface area contributed by atoms with Crippen LogP contribution in [0.15, 0.2) is 23.4 Å². The first kappa shape index (κ1) is 14.4. The number of nitrogens with two attached hydrogens (primary N) is 1. The molecule has 0 aliphatic rings. The number of carbonyl (C=O) groups is 1. The number of oxime groups is 1. The second kappa shape index (κ2) is 6.90. The molecule has 0 unspecified atom stereocenters. The van der Waals surface area contributed by atoms with Gasteiger partial charge < -0.3 is 16.3 Å². The first-order valence-corrected chi connectivity index (χ1v) is 6.85. The first-order chi connectivity index (χ1) is 8.60. The number of amides is 1. The molecule has 1 rings (SSSR count). The Morgan fingerprint density at radius 1 is 1.56 bits per heavy atom. The third-order valence-electron chi connectivity index (χ3n) is 2.44. The molecule has 0 atom stereocenters. The van der Waals surface area contributed by atoms with E-state index in [0.717, 1.165) is 11.3 Å². The van der Waals surface area contributed by atoms with Crippen molar-refractivity contribution in [1.82, 2.24) is 0 Å². The predicted octanol–water partition coefficient (Wildman–Crippen LogP) is 1.78. The van der Waals surface area contributed by atoms with Gasteiger partial charge in [0.1, 0.15) is 0 Å². The van der Waals surface area contributed by atoms with Crippen LogP contribution >= 0.6 is 11.8 Å². The van der Waals surface area contributed by atoms with E-state index < -0.39 is 0 Å². The summed E-state index contributed by atoms with van der Waals surface area (Å²) >= 11 is 1.61. The van der Waals surface area contributed by atoms with E-state index in [9.17, 15) is 4.79 Å². The van der Waals surface area contributed by atoms with E-state index in [2.05, 4.69) is 10.5 Å². The largest absolute Gasteiger partial charge is 0.409 e. The van der Waals surface area contributed by atoms with E-state index in [0.29, 0.717) is 17.7 Å². The van der Waals surface area contributed by atoms with Crippen LogP contribution in [0.1, 0.15) is 17.5 Å². The molecule has 1 aromatic rings. The molecule has 0 spiro atoms. The second-order valence-corrected chi connectivity index (χ2v) is 4.76. The van der Waals surface area contributed by atoms with Crippen molar-refractivity contribution in [2.75, 3.05) is 17.3 Å². The summed E-state index contributed by atoms with van der Waals surface area (Å²) in [5.74, 6) is 0.673. The van der Waals surface area contributed by atoms with Gasteiger partial charge in [0.2, 0.25) is 5.91 Å². The summed E-state index contributed by atoms with van der Waals surface area (Å²) in [6, 6.07) is 5.38. The van der Waals surface area contributed by atoms with Crippen LogP contribution < -0.4 is 11.1 Å². The van der Waals surface area contributed by atoms with Gasteiger partial charge in [-0.1, -0.05) is 17.3 Å². The number of anilines is 1. The molecule has 18 heavy (non-hydrogen) atoms. The monoisotopic (exact) mass is 267 g/mol. The highest BCUT2D eigenvalue weighted by molar-refractivity contribution is 7.98. The normalized spacial score (nSPS) is 11.3. The Balaban J connectivity index is 2.95. The topological polar surface area (TPSA) is 87.7 Å². The van der Waals surface area contributed by atoms with E-state index >= 15 is 0 Å². The number of rotatable bonds is 5. The van der Waals surface area contributed by atoms with Gasteiger partial charge in [-0.25, -0.2) is 0 Å². The summed E-state index contributed by atoms with van der Waals surface area (Å²) in [7, 11) is 0. The summed E-state index contributed by atoms with van der Waals surface area (Å²) in [5, 5.41) is 14.5. The molecule has 0 aliphatic carbocycles. The van der Waals surface area contributed by atoms with E-state index in [4.69, 9.17) is 10.9 Å². The molecule has 0 saturated carbocycles. The minimum atomic E-state index is -0.0815. The molecule has 0 radical (unpaired) electrons. The van der Waals surface area contributed by atoms with Crippen molar-refractivity contribution in [2.24, 2.45) is 10.9 Å². The van der Waals surface area contributed by atoms with Gasteiger partial charge >= 0.3 is 0 Å². The highest BCUT2D eigenvalue weighted by atomic mass is 32.2. The van der Waals surface area contributed by atoms with Gasteiger partial charge in [0.05, 0.1) is 5.69 Å². The summed E-state index contributed by atoms with van der Waals surface area (Å²) in [5.41, 5.74) is 7.58. The summed E-state index contributed by atoms with van der Waals surface area (Å²) in [4.78, 5) is 11.7. The van der Waals surface area contributed by atoms with Crippen molar-refractivity contribution < 1.29 is 10.0 Å². The lowest BCUT2D eigenvalue weighted by molar-refractivity contribution is -0.115. The van der Waals surface area contributed by atoms with Gasteiger partial charge in [-0.2, -0.15) is 11.8 Å². The van der Waals surface area contributed by atoms with Crippen molar-refractivity contribution in [3.63, 3.8) is 0 Å². The van der Waals surface area contributed by atoms with Crippen LogP contribution in [0.5, 0.6) is 0 Å². The number of nitrogens with one attached hydrogen (secondary N) is 1. The fourth-order valence-corrected chi connectivity index (χ4v) is 1.96. The Kier molecular flexibility index (Phi) is 5.51. The van der Waals surface area contributed by atoms with Crippen molar-refractivity contribution >= 4 is 29.2 Å². The van der Waals surface area contributed by atoms with Crippen LogP contribution in [0.3, 0.4) is 0 Å². The second-order valence-electron chi connectivity index (χ2n) is 3.77. The molecule has 1 amide bonds. The van der Waals surface area contributed by atoms with Crippen LogP contribution in [0, 0.1) is 6.92 Å². The Bertz CT molecular complexity index is 461. The fraction of sp³-hybridized carbons (Fsp3) is 0.333. The Labute approximate surface area is 110 Å². The standard InChI is InChI=1S/C12H17N3O2S/c1-8-4-3-5-9(11(8)12(13)15-17)14-10(16)6-7-18-2/h3-5,17H,6-7H2,1-2H3,(H2,13,15)(H,14,16). The van der Waals surface area contributed by atoms with Crippen LogP contribution in [0.4, 0.5) is 5.69 Å². The Morgan fingerprint density at radius 2 is 2.28 bits per heavy atom. The van der Waals surface area contributed by atoms with Gasteiger partial charge in [-0.15, -0.1) is 0 Å². The van der Waals surface area contributed by atoms with Crippen molar-refractivity contribution in [2.45, 2.75) is 13.3 Å². The summed E-state index contributed by atoms with van der Waals surface area (Å²) in [6.07, 6.45) is 2.38. The number of hydrogen-bond donors (Lipinski definition) is 3. The molecule has 6 heteroatoms. The molecule has 98 valence electrons. The molecule has 1 aromatic carbocycles. The number of amidine groups is 1. The number of hydrogen-bond acceptors (Lipinski definition) is 4. The first-order valence-electron chi connectivity index (χ1n) is 5.46. The highest BCUT2D eigenvalue weighted by Crippen LogP contribution is 2.19. The number of nitrogens with zero attached hydrogens (tertiary/aromatic N) is 1. The fourth-order valence-electron chi connectivity index (χ4n) is 1.57. The van der Waals surface area contributed by atoms with Crippen molar-refractivity contribution in [1.29, 1.82) is 0 Å². The molecular formula is C12H17N3O2S. The summed E-state index contributed by atoms with van der Waals surface area (Å²) in [6.45, 7) is 1.84. The molecule has 0 bridgehead atoms. The predicted molar refractivity (Wildman–Crippen MR) is 75.3 cm³/mol. The molecule has 0 heterocycles. The molecule has 0 aliphatic heterocycles. The van der Waals surface area contributed by atoms with Gasteiger partial charge in [-0.3, -0.25) is 4.79 Å². The molecule has 0 fully saturated rings. The molecule has 0 saturated heterocycles. The van der Waals surface area contributed by atoms with Crippen LogP contribution in [-0.2, 0) is 4.79 Å². The number of carbonyl (C=O) groups excluding carboxylic acids is 1. The van der Waals surface area contributed by atoms with E-state index in [-0.39, 0.29) is 11.7 Å². The lowest BCUT2D eigenvalue weighted by atomic mass is 10.1. The van der Waals surface area contributed by atoms with E-state index in [1.165, 1.54) is 0 Å². The van der Waals surface area contributed by atoms with Crippen LogP contribution in [0.2, 0.25) is 0 Å². The van der Waals surface area contributed by atoms with E-state index in [1.807, 2.05) is 25.3 Å². The Hall–Kier alpha value is -1.69. The maximum Gasteiger partial charge on any atom is 0.225 e. The molecule has 0 aromatic heterocycles. The van der Waals surface area contributed by atoms with Gasteiger partial charge in [0, 0.05) is 17.7 Å². The molecule has 5 nitrogen and oxygen atoms in total. The van der Waals surface area contributed by atoms with Crippen molar-refractivity contribution in [3.05, 3.63) is 29.3 Å². The maximum atomic E-state index is 11.7. The van der Waals surface area contributed by atoms with Gasteiger partial charge in [0.25, 0.3) is 0 Å². The number of aryl methyl sites for hydroxylation is 1. The highest BCUT2D eigenvalue weighted by Gasteiger charge is 2.12. The smallest absolute Gasteiger partial charge is 0.225 e. The lowest BCUT2D eigenvalue weighted by Crippen LogP contribution is -2.20. The average molecular weight is 267 g/mol. The zero-order valence-corrected chi connectivity index (χ0v) is 11.3. The Morgan fingerprint density at radius 3 is 2.89 bits per heavy atom. The SMILES string of the molecule is CSCCC(=O)Nc1cccc(C)c1/C(N)=N/O. The van der Waals surface area contributed by atoms with Crippen LogP contribution in [-0.4, -0.2) is 29.0 Å². The average Bonchev–Trinajstić information content (AvgIpc) is 2.35. The minimum absolute atomic E-state index is 0.00623. The van der Waals surface area contributed by atoms with Gasteiger partial charge in [-0.05, 0) is 24.8 Å². The quantitative estimate of drug-likeness (QED) is 0.328. The molecular weight excluding hydrogens is 250 g/mol. The third-order valence-corrected chi connectivity index (χ3v) is 3.06. The van der Waals surface area contributed by atoms with E-state index in [1.54, 1.807) is 17.8 Å². The zero-order valence-electron chi connectivity index (χ0n) is 10.4. The maximum absolute atomic E-state index is 11.7. The lowest BCUT2D eigenvalue weighted by Gasteiger charge is -2.12. The van der Waals surface area contributed by atoms with Gasteiger partial charge in [0.15, 0.2) is 5.84 Å². The third kappa shape index (κ3) is 3.66.